The van der Waals surface area contributed by atoms with Crippen LogP contribution >= 0.6 is 11.3 Å². The maximum atomic E-state index is 6.20. The van der Waals surface area contributed by atoms with E-state index in [1.807, 2.05) is 12.1 Å². The maximum Gasteiger partial charge on any atom is 0.135 e. The number of para-hydroxylation sites is 5. The van der Waals surface area contributed by atoms with E-state index in [0.29, 0.717) is 0 Å². The number of aromatic nitrogens is 3. The average Bonchev–Trinajstić information content (AvgIpc) is 4.09. The lowest BCUT2D eigenvalue weighted by Gasteiger charge is -2.12. The van der Waals surface area contributed by atoms with Crippen molar-refractivity contribution in [2.45, 2.75) is 0 Å². The first-order valence-electron chi connectivity index (χ1n) is 20.3. The van der Waals surface area contributed by atoms with Gasteiger partial charge >= 0.3 is 0 Å². The van der Waals surface area contributed by atoms with Crippen LogP contribution in [-0.4, -0.2) is 14.1 Å². The Morgan fingerprint density at radius 3 is 1.35 bits per heavy atom. The summed E-state index contributed by atoms with van der Waals surface area (Å²) in [6.45, 7) is 0. The van der Waals surface area contributed by atoms with E-state index in [1.165, 1.54) is 49.2 Å². The summed E-state index contributed by atoms with van der Waals surface area (Å²) in [6.07, 6.45) is 0. The van der Waals surface area contributed by atoms with Crippen LogP contribution in [0.2, 0.25) is 0 Å². The van der Waals surface area contributed by atoms with Crippen molar-refractivity contribution in [1.82, 2.24) is 14.1 Å². The van der Waals surface area contributed by atoms with Gasteiger partial charge in [0.2, 0.25) is 0 Å². The Kier molecular flexibility index (Phi) is 7.14. The quantitative estimate of drug-likeness (QED) is 0.174. The molecule has 0 N–H and O–H groups in total. The van der Waals surface area contributed by atoms with Crippen LogP contribution in [0.5, 0.6) is 0 Å². The van der Waals surface area contributed by atoms with E-state index in [9.17, 15) is 0 Å². The van der Waals surface area contributed by atoms with Gasteiger partial charge in [0.05, 0.1) is 32.3 Å². The number of thiazole rings is 1. The Balaban J connectivity index is 0.964. The van der Waals surface area contributed by atoms with E-state index in [-0.39, 0.29) is 0 Å². The number of fused-ring (bicyclic) bond motifs is 10. The Labute approximate surface area is 348 Å². The van der Waals surface area contributed by atoms with Gasteiger partial charge in [-0.2, -0.15) is 0 Å². The predicted octanol–water partition coefficient (Wildman–Crippen LogP) is 15.4. The number of nitrogens with zero attached hydrogens (tertiary/aromatic N) is 3. The first kappa shape index (κ1) is 33.3. The van der Waals surface area contributed by atoms with Crippen LogP contribution in [0.15, 0.2) is 205 Å². The standard InChI is InChI=1S/C55H33N3OS/c1-6-16-47-41(11-1)42-12-2-7-17-48(42)57(47)37-26-21-34(22-27-37)39-30-31-40(35-23-28-38(29-24-35)58-49-18-8-3-13-43(49)44-14-4-9-19-50(44)58)54-53(39)56-55(60-54)36-25-32-52-46(33-36)45-15-5-10-20-51(45)59-52/h1-33H. The summed E-state index contributed by atoms with van der Waals surface area (Å²) in [5.41, 5.74) is 15.5. The number of hydrogen-bond acceptors (Lipinski definition) is 3. The highest BCUT2D eigenvalue weighted by molar-refractivity contribution is 7.22. The smallest absolute Gasteiger partial charge is 0.135 e. The van der Waals surface area contributed by atoms with Gasteiger partial charge in [-0.3, -0.25) is 0 Å². The molecular formula is C55H33N3OS. The second-order valence-corrected chi connectivity index (χ2v) is 16.5. The van der Waals surface area contributed by atoms with Crippen molar-refractivity contribution in [1.29, 1.82) is 0 Å². The lowest BCUT2D eigenvalue weighted by atomic mass is 9.98. The molecule has 5 heteroatoms. The SMILES string of the molecule is c1ccc2c(c1)oc1ccc(-c3nc4c(-c5ccc(-n6c7ccccc7c7ccccc76)cc5)ccc(-c5ccc(-n6c7ccccc7c7ccccc76)cc5)c4s3)cc12. The predicted molar refractivity (Wildman–Crippen MR) is 252 cm³/mol. The molecule has 4 nitrogen and oxygen atoms in total. The van der Waals surface area contributed by atoms with Gasteiger partial charge in [0.1, 0.15) is 16.2 Å². The molecule has 0 aliphatic rings. The monoisotopic (exact) mass is 783 g/mol. The molecule has 0 unspecified atom stereocenters. The fourth-order valence-corrected chi connectivity index (χ4v) is 10.6. The van der Waals surface area contributed by atoms with E-state index in [2.05, 4.69) is 197 Å². The first-order chi connectivity index (χ1) is 29.7. The highest BCUT2D eigenvalue weighted by Crippen LogP contribution is 2.44. The molecule has 0 atom stereocenters. The molecule has 0 radical (unpaired) electrons. The summed E-state index contributed by atoms with van der Waals surface area (Å²) in [5.74, 6) is 0. The molecule has 0 bridgehead atoms. The zero-order chi connectivity index (χ0) is 39.3. The fraction of sp³-hybridized carbons (Fsp3) is 0. The summed E-state index contributed by atoms with van der Waals surface area (Å²) in [5, 5.41) is 8.23. The Hall–Kier alpha value is -7.73. The molecule has 13 rings (SSSR count). The molecule has 0 amide bonds. The average molecular weight is 784 g/mol. The van der Waals surface area contributed by atoms with Crippen molar-refractivity contribution in [3.63, 3.8) is 0 Å². The second-order valence-electron chi connectivity index (χ2n) is 15.5. The van der Waals surface area contributed by atoms with Gasteiger partial charge in [0, 0.05) is 60.4 Å². The molecule has 9 aromatic carbocycles. The first-order valence-corrected chi connectivity index (χ1v) is 21.1. The van der Waals surface area contributed by atoms with Crippen LogP contribution in [0.3, 0.4) is 0 Å². The molecule has 4 aromatic heterocycles. The largest absolute Gasteiger partial charge is 0.456 e. The van der Waals surface area contributed by atoms with Gasteiger partial charge in [-0.15, -0.1) is 11.3 Å². The van der Waals surface area contributed by atoms with Gasteiger partial charge in [0.15, 0.2) is 0 Å². The van der Waals surface area contributed by atoms with Crippen molar-refractivity contribution >= 4 is 87.1 Å². The van der Waals surface area contributed by atoms with Crippen LogP contribution in [0, 0.1) is 0 Å². The number of benzene rings is 9. The van der Waals surface area contributed by atoms with Crippen LogP contribution in [0.4, 0.5) is 0 Å². The minimum Gasteiger partial charge on any atom is -0.456 e. The van der Waals surface area contributed by atoms with Gasteiger partial charge in [-0.1, -0.05) is 127 Å². The summed E-state index contributed by atoms with van der Waals surface area (Å²) in [6, 6.07) is 71.9. The lowest BCUT2D eigenvalue weighted by Crippen LogP contribution is -1.94. The molecule has 280 valence electrons. The van der Waals surface area contributed by atoms with Crippen molar-refractivity contribution < 1.29 is 4.42 Å². The molecule has 13 aromatic rings. The summed E-state index contributed by atoms with van der Waals surface area (Å²) < 4.78 is 12.1. The maximum absolute atomic E-state index is 6.20. The van der Waals surface area contributed by atoms with Crippen molar-refractivity contribution in [3.8, 4) is 44.2 Å². The summed E-state index contributed by atoms with van der Waals surface area (Å²) >= 11 is 1.76. The van der Waals surface area contributed by atoms with Crippen LogP contribution in [0.25, 0.3) is 120 Å². The molecule has 0 spiro atoms. The molecule has 0 saturated heterocycles. The Morgan fingerprint density at radius 2 is 0.800 bits per heavy atom. The molecule has 0 aliphatic heterocycles. The molecule has 4 heterocycles. The van der Waals surface area contributed by atoms with E-state index in [1.54, 1.807) is 11.3 Å². The molecular weight excluding hydrogens is 751 g/mol. The van der Waals surface area contributed by atoms with Gasteiger partial charge in [-0.05, 0) is 83.9 Å². The summed E-state index contributed by atoms with van der Waals surface area (Å²) in [7, 11) is 0. The minimum absolute atomic E-state index is 0.883. The number of rotatable bonds is 5. The summed E-state index contributed by atoms with van der Waals surface area (Å²) in [4.78, 5) is 5.48. The second kappa shape index (κ2) is 12.9. The van der Waals surface area contributed by atoms with Gasteiger partial charge < -0.3 is 13.6 Å². The van der Waals surface area contributed by atoms with E-state index in [4.69, 9.17) is 9.40 Å². The van der Waals surface area contributed by atoms with E-state index in [0.717, 1.165) is 70.8 Å². The lowest BCUT2D eigenvalue weighted by molar-refractivity contribution is 0.669. The highest BCUT2D eigenvalue weighted by atomic mass is 32.1. The normalized spacial score (nSPS) is 12.0. The van der Waals surface area contributed by atoms with Crippen LogP contribution in [-0.2, 0) is 0 Å². The van der Waals surface area contributed by atoms with Crippen molar-refractivity contribution in [2.75, 3.05) is 0 Å². The molecule has 0 saturated carbocycles. The molecule has 60 heavy (non-hydrogen) atoms. The third-order valence-electron chi connectivity index (χ3n) is 12.2. The molecule has 0 aliphatic carbocycles. The zero-order valence-corrected chi connectivity index (χ0v) is 33.0. The Morgan fingerprint density at radius 1 is 0.367 bits per heavy atom. The third kappa shape index (κ3) is 4.93. The van der Waals surface area contributed by atoms with Crippen molar-refractivity contribution in [2.24, 2.45) is 0 Å². The van der Waals surface area contributed by atoms with E-state index >= 15 is 0 Å². The van der Waals surface area contributed by atoms with Crippen LogP contribution < -0.4 is 0 Å². The Bertz CT molecular complexity index is 3520. The highest BCUT2D eigenvalue weighted by Gasteiger charge is 2.19. The zero-order valence-electron chi connectivity index (χ0n) is 32.2. The topological polar surface area (TPSA) is 35.9 Å². The van der Waals surface area contributed by atoms with Gasteiger partial charge in [0.25, 0.3) is 0 Å². The minimum atomic E-state index is 0.883. The van der Waals surface area contributed by atoms with E-state index < -0.39 is 0 Å². The number of hydrogen-bond donors (Lipinski definition) is 0. The fourth-order valence-electron chi connectivity index (χ4n) is 9.43. The third-order valence-corrected chi connectivity index (χ3v) is 13.3. The van der Waals surface area contributed by atoms with Gasteiger partial charge in [-0.25, -0.2) is 4.98 Å². The molecule has 0 fully saturated rings. The number of furan rings is 1. The van der Waals surface area contributed by atoms with Crippen molar-refractivity contribution in [3.05, 3.63) is 200 Å². The van der Waals surface area contributed by atoms with Crippen LogP contribution in [0.1, 0.15) is 0 Å².